The highest BCUT2D eigenvalue weighted by Gasteiger charge is 2.38. The Labute approximate surface area is 114 Å². The molecule has 0 radical (unpaired) electrons. The van der Waals surface area contributed by atoms with Gasteiger partial charge >= 0.3 is 6.18 Å². The lowest BCUT2D eigenvalue weighted by Crippen LogP contribution is -2.26. The minimum absolute atomic E-state index is 0.159. The molecule has 0 saturated carbocycles. The van der Waals surface area contributed by atoms with Crippen LogP contribution < -0.4 is 5.32 Å². The van der Waals surface area contributed by atoms with E-state index < -0.39 is 17.6 Å². The zero-order valence-electron chi connectivity index (χ0n) is 10.9. The largest absolute Gasteiger partial charge is 0.416 e. The average Bonchev–Trinajstić information content (AvgIpc) is 2.90. The molecule has 2 atom stereocenters. The van der Waals surface area contributed by atoms with E-state index in [2.05, 4.69) is 5.32 Å². The van der Waals surface area contributed by atoms with Gasteiger partial charge in [0.2, 0.25) is 0 Å². The van der Waals surface area contributed by atoms with Crippen molar-refractivity contribution < 1.29 is 17.6 Å². The van der Waals surface area contributed by atoms with Crippen molar-refractivity contribution in [2.24, 2.45) is 11.8 Å². The van der Waals surface area contributed by atoms with Crippen LogP contribution in [0, 0.1) is 17.7 Å². The van der Waals surface area contributed by atoms with E-state index in [0.717, 1.165) is 32.2 Å². The van der Waals surface area contributed by atoms with Gasteiger partial charge in [-0.1, -0.05) is 6.07 Å². The second-order valence-corrected chi connectivity index (χ2v) is 5.67. The van der Waals surface area contributed by atoms with Gasteiger partial charge in [-0.25, -0.2) is 4.39 Å². The highest BCUT2D eigenvalue weighted by molar-refractivity contribution is 5.30. The van der Waals surface area contributed by atoms with Crippen molar-refractivity contribution in [1.29, 1.82) is 0 Å². The number of fused-ring (bicyclic) bond motifs is 1. The molecule has 0 aliphatic carbocycles. The molecule has 2 aliphatic heterocycles. The number of rotatable bonds is 2. The molecule has 20 heavy (non-hydrogen) atoms. The van der Waals surface area contributed by atoms with E-state index >= 15 is 0 Å². The number of likely N-dealkylation sites (tertiary alicyclic amines) is 1. The Hall–Kier alpha value is -1.14. The molecule has 1 aromatic carbocycles. The minimum atomic E-state index is -4.51. The lowest BCUT2D eigenvalue weighted by Gasteiger charge is -2.20. The summed E-state index contributed by atoms with van der Waals surface area (Å²) in [7, 11) is 0. The molecule has 2 nitrogen and oxygen atoms in total. The van der Waals surface area contributed by atoms with Gasteiger partial charge in [0, 0.05) is 19.6 Å². The summed E-state index contributed by atoms with van der Waals surface area (Å²) in [5.74, 6) is 0.220. The van der Waals surface area contributed by atoms with Crippen molar-refractivity contribution in [2.45, 2.75) is 12.7 Å². The van der Waals surface area contributed by atoms with Gasteiger partial charge in [-0.15, -0.1) is 0 Å². The predicted octanol–water partition coefficient (Wildman–Crippen LogP) is 2.50. The number of hydrogen-bond donors (Lipinski definition) is 1. The second-order valence-electron chi connectivity index (χ2n) is 5.67. The van der Waals surface area contributed by atoms with E-state index in [4.69, 9.17) is 0 Å². The third kappa shape index (κ3) is 2.67. The van der Waals surface area contributed by atoms with Crippen LogP contribution in [0.5, 0.6) is 0 Å². The number of nitrogens with one attached hydrogen (secondary N) is 1. The Bertz CT molecular complexity index is 488. The van der Waals surface area contributed by atoms with Crippen LogP contribution in [0.1, 0.15) is 11.1 Å². The molecule has 2 saturated heterocycles. The molecule has 0 bridgehead atoms. The maximum atomic E-state index is 13.1. The van der Waals surface area contributed by atoms with E-state index in [9.17, 15) is 17.6 Å². The first-order valence-corrected chi connectivity index (χ1v) is 6.72. The van der Waals surface area contributed by atoms with Crippen molar-refractivity contribution in [1.82, 2.24) is 10.2 Å². The molecule has 0 spiro atoms. The first-order chi connectivity index (χ1) is 9.43. The number of halogens is 4. The van der Waals surface area contributed by atoms with Gasteiger partial charge < -0.3 is 5.32 Å². The lowest BCUT2D eigenvalue weighted by atomic mass is 10.0. The molecule has 110 valence electrons. The highest BCUT2D eigenvalue weighted by Crippen LogP contribution is 2.34. The molecular weight excluding hydrogens is 272 g/mol. The molecule has 2 fully saturated rings. The van der Waals surface area contributed by atoms with Crippen LogP contribution in [-0.2, 0) is 12.7 Å². The van der Waals surface area contributed by atoms with Gasteiger partial charge in [-0.3, -0.25) is 4.90 Å². The van der Waals surface area contributed by atoms with Gasteiger partial charge in [-0.05, 0) is 42.6 Å². The SMILES string of the molecule is Fc1ccc(CN2CC3CNCC3C2)c(C(F)(F)F)c1. The maximum absolute atomic E-state index is 13.1. The summed E-state index contributed by atoms with van der Waals surface area (Å²) in [5.41, 5.74) is -0.695. The number of nitrogens with zero attached hydrogens (tertiary/aromatic N) is 1. The van der Waals surface area contributed by atoms with Crippen LogP contribution in [0.4, 0.5) is 17.6 Å². The number of alkyl halides is 3. The molecule has 3 rings (SSSR count). The van der Waals surface area contributed by atoms with Crippen molar-refractivity contribution in [2.75, 3.05) is 26.2 Å². The average molecular weight is 288 g/mol. The fourth-order valence-electron chi connectivity index (χ4n) is 3.27. The zero-order valence-corrected chi connectivity index (χ0v) is 10.9. The predicted molar refractivity (Wildman–Crippen MR) is 66.5 cm³/mol. The van der Waals surface area contributed by atoms with E-state index in [-0.39, 0.29) is 12.1 Å². The van der Waals surface area contributed by atoms with E-state index in [1.165, 1.54) is 6.07 Å². The van der Waals surface area contributed by atoms with E-state index in [0.29, 0.717) is 17.9 Å². The van der Waals surface area contributed by atoms with Crippen molar-refractivity contribution in [3.05, 3.63) is 35.1 Å². The Morgan fingerprint density at radius 1 is 1.15 bits per heavy atom. The third-order valence-corrected chi connectivity index (χ3v) is 4.24. The van der Waals surface area contributed by atoms with Crippen LogP contribution in [0.3, 0.4) is 0 Å². The van der Waals surface area contributed by atoms with Gasteiger partial charge in [0.15, 0.2) is 0 Å². The zero-order chi connectivity index (χ0) is 14.3. The first-order valence-electron chi connectivity index (χ1n) is 6.72. The molecule has 2 unspecified atom stereocenters. The van der Waals surface area contributed by atoms with E-state index in [1.807, 2.05) is 4.90 Å². The summed E-state index contributed by atoms with van der Waals surface area (Å²) >= 11 is 0. The Kier molecular flexibility index (Phi) is 3.46. The van der Waals surface area contributed by atoms with Crippen molar-refractivity contribution in [3.63, 3.8) is 0 Å². The molecule has 2 aliphatic rings. The summed E-state index contributed by atoms with van der Waals surface area (Å²) in [4.78, 5) is 2.04. The molecule has 1 N–H and O–H groups in total. The molecule has 1 aromatic rings. The molecule has 0 aromatic heterocycles. The van der Waals surface area contributed by atoms with Crippen LogP contribution in [0.2, 0.25) is 0 Å². The summed E-state index contributed by atoms with van der Waals surface area (Å²) in [6.45, 7) is 3.74. The molecule has 6 heteroatoms. The molecule has 0 amide bonds. The maximum Gasteiger partial charge on any atom is 0.416 e. The smallest absolute Gasteiger partial charge is 0.316 e. The number of benzene rings is 1. The second kappa shape index (κ2) is 5.00. The van der Waals surface area contributed by atoms with Gasteiger partial charge in [0.1, 0.15) is 5.82 Å². The van der Waals surface area contributed by atoms with Gasteiger partial charge in [0.25, 0.3) is 0 Å². The standard InChI is InChI=1S/C14H16F4N2/c15-12-2-1-9(13(3-12)14(16,17)18)6-20-7-10-4-19-5-11(10)8-20/h1-3,10-11,19H,4-8H2. The fourth-order valence-corrected chi connectivity index (χ4v) is 3.27. The highest BCUT2D eigenvalue weighted by atomic mass is 19.4. The first kappa shape index (κ1) is 13.8. The Morgan fingerprint density at radius 3 is 2.40 bits per heavy atom. The quantitative estimate of drug-likeness (QED) is 0.841. The normalized spacial score (nSPS) is 27.0. The van der Waals surface area contributed by atoms with Crippen LogP contribution in [0.15, 0.2) is 18.2 Å². The molecular formula is C14H16F4N2. The lowest BCUT2D eigenvalue weighted by molar-refractivity contribution is -0.138. The summed E-state index contributed by atoms with van der Waals surface area (Å²) in [6, 6.07) is 2.95. The van der Waals surface area contributed by atoms with Gasteiger partial charge in [-0.2, -0.15) is 13.2 Å². The van der Waals surface area contributed by atoms with Crippen LogP contribution in [0.25, 0.3) is 0 Å². The fraction of sp³-hybridized carbons (Fsp3) is 0.571. The minimum Gasteiger partial charge on any atom is -0.316 e. The van der Waals surface area contributed by atoms with Crippen molar-refractivity contribution >= 4 is 0 Å². The van der Waals surface area contributed by atoms with Crippen LogP contribution in [-0.4, -0.2) is 31.1 Å². The van der Waals surface area contributed by atoms with Crippen LogP contribution >= 0.6 is 0 Å². The Balaban J connectivity index is 1.78. The number of hydrogen-bond acceptors (Lipinski definition) is 2. The van der Waals surface area contributed by atoms with E-state index in [1.54, 1.807) is 0 Å². The summed E-state index contributed by atoms with van der Waals surface area (Å²) < 4.78 is 51.9. The summed E-state index contributed by atoms with van der Waals surface area (Å²) in [6.07, 6.45) is -4.51. The topological polar surface area (TPSA) is 15.3 Å². The summed E-state index contributed by atoms with van der Waals surface area (Å²) in [5, 5.41) is 3.30. The Morgan fingerprint density at radius 2 is 1.80 bits per heavy atom. The third-order valence-electron chi connectivity index (χ3n) is 4.24. The van der Waals surface area contributed by atoms with Gasteiger partial charge in [0.05, 0.1) is 5.56 Å². The monoisotopic (exact) mass is 288 g/mol. The van der Waals surface area contributed by atoms with Crippen molar-refractivity contribution in [3.8, 4) is 0 Å². The molecule has 2 heterocycles.